The van der Waals surface area contributed by atoms with E-state index in [1.54, 1.807) is 0 Å². The van der Waals surface area contributed by atoms with Crippen molar-refractivity contribution in [2.24, 2.45) is 16.5 Å². The molecule has 18 heavy (non-hydrogen) atoms. The molecule has 0 aliphatic rings. The van der Waals surface area contributed by atoms with Gasteiger partial charge in [0.05, 0.1) is 5.69 Å². The van der Waals surface area contributed by atoms with Gasteiger partial charge in [-0.1, -0.05) is 30.8 Å². The van der Waals surface area contributed by atoms with Crippen molar-refractivity contribution < 1.29 is 0 Å². The number of rotatable bonds is 3. The van der Waals surface area contributed by atoms with Crippen molar-refractivity contribution in [1.82, 2.24) is 0 Å². The third kappa shape index (κ3) is 6.50. The van der Waals surface area contributed by atoms with E-state index in [0.29, 0.717) is 5.17 Å². The van der Waals surface area contributed by atoms with E-state index in [0.717, 1.165) is 17.0 Å². The number of thioether (sulfide) groups is 1. The van der Waals surface area contributed by atoms with Crippen LogP contribution >= 0.6 is 36.6 Å². The average Bonchev–Trinajstić information content (AvgIpc) is 2.17. The summed E-state index contributed by atoms with van der Waals surface area (Å²) in [4.78, 5) is 4.32. The lowest BCUT2D eigenvalue weighted by Gasteiger charge is -2.19. The van der Waals surface area contributed by atoms with Gasteiger partial charge in [-0.3, -0.25) is 0 Å². The van der Waals surface area contributed by atoms with Crippen molar-refractivity contribution in [3.05, 3.63) is 29.8 Å². The predicted octanol–water partition coefficient (Wildman–Crippen LogP) is 3.42. The predicted molar refractivity (Wildman–Crippen MR) is 87.6 cm³/mol. The van der Waals surface area contributed by atoms with Gasteiger partial charge in [-0.15, -0.1) is 24.8 Å². The molecule has 0 fully saturated rings. The van der Waals surface area contributed by atoms with E-state index < -0.39 is 0 Å². The standard InChI is InChI=1S/C12H19N3S.2ClH/c1-4-16-11(13)15-10-7-5-6-9(8-10)12(2,3)14;;/h5-8H,4,14H2,1-3H3,(H2,13,15);2*1H. The van der Waals surface area contributed by atoms with Crippen LogP contribution in [0, 0.1) is 0 Å². The van der Waals surface area contributed by atoms with E-state index in [4.69, 9.17) is 11.5 Å². The smallest absolute Gasteiger partial charge is 0.159 e. The summed E-state index contributed by atoms with van der Waals surface area (Å²) in [6, 6.07) is 7.86. The molecule has 6 heteroatoms. The van der Waals surface area contributed by atoms with Crippen LogP contribution < -0.4 is 11.5 Å². The van der Waals surface area contributed by atoms with E-state index in [1.165, 1.54) is 11.8 Å². The Balaban J connectivity index is 0. The summed E-state index contributed by atoms with van der Waals surface area (Å²) in [7, 11) is 0. The minimum atomic E-state index is -0.349. The normalized spacial score (nSPS) is 11.4. The Labute approximate surface area is 126 Å². The monoisotopic (exact) mass is 309 g/mol. The molecule has 0 aliphatic heterocycles. The highest BCUT2D eigenvalue weighted by molar-refractivity contribution is 8.13. The molecule has 0 aromatic heterocycles. The fourth-order valence-electron chi connectivity index (χ4n) is 1.28. The summed E-state index contributed by atoms with van der Waals surface area (Å²) in [5.41, 5.74) is 13.4. The number of hydrogen-bond acceptors (Lipinski definition) is 3. The molecule has 0 bridgehead atoms. The molecule has 0 saturated heterocycles. The molecule has 0 heterocycles. The minimum Gasteiger partial charge on any atom is -0.378 e. The Hall–Kier alpha value is -0.420. The van der Waals surface area contributed by atoms with Crippen LogP contribution in [0.2, 0.25) is 0 Å². The number of aliphatic imine (C=N–C) groups is 1. The molecular weight excluding hydrogens is 289 g/mol. The molecule has 1 rings (SSSR count). The van der Waals surface area contributed by atoms with E-state index >= 15 is 0 Å². The molecule has 0 radical (unpaired) electrons. The summed E-state index contributed by atoms with van der Waals surface area (Å²) in [5, 5.41) is 0.592. The molecule has 0 aliphatic carbocycles. The maximum atomic E-state index is 6.03. The number of nitrogens with two attached hydrogens (primary N) is 2. The molecule has 0 spiro atoms. The van der Waals surface area contributed by atoms with Gasteiger partial charge in [-0.05, 0) is 37.3 Å². The van der Waals surface area contributed by atoms with Crippen molar-refractivity contribution in [1.29, 1.82) is 0 Å². The lowest BCUT2D eigenvalue weighted by Crippen LogP contribution is -2.28. The topological polar surface area (TPSA) is 64.4 Å². The van der Waals surface area contributed by atoms with Crippen molar-refractivity contribution >= 4 is 47.4 Å². The first-order valence-electron chi connectivity index (χ1n) is 5.30. The molecule has 0 unspecified atom stereocenters. The second-order valence-corrected chi connectivity index (χ2v) is 5.44. The summed E-state index contributed by atoms with van der Waals surface area (Å²) in [6.07, 6.45) is 0. The molecule has 0 saturated carbocycles. The number of amidine groups is 1. The number of nitrogens with zero attached hydrogens (tertiary/aromatic N) is 1. The summed E-state index contributed by atoms with van der Waals surface area (Å²) >= 11 is 1.54. The number of halogens is 2. The average molecular weight is 310 g/mol. The van der Waals surface area contributed by atoms with Crippen LogP contribution in [0.4, 0.5) is 5.69 Å². The van der Waals surface area contributed by atoms with E-state index in [2.05, 4.69) is 4.99 Å². The van der Waals surface area contributed by atoms with Crippen molar-refractivity contribution in [2.45, 2.75) is 26.3 Å². The summed E-state index contributed by atoms with van der Waals surface area (Å²) in [5.74, 6) is 0.928. The van der Waals surface area contributed by atoms with Crippen LogP contribution in [0.15, 0.2) is 29.3 Å². The Kier molecular flexibility index (Phi) is 9.56. The molecule has 4 N–H and O–H groups in total. The first-order valence-corrected chi connectivity index (χ1v) is 6.28. The maximum Gasteiger partial charge on any atom is 0.159 e. The van der Waals surface area contributed by atoms with Gasteiger partial charge in [-0.25, -0.2) is 4.99 Å². The molecule has 0 atom stereocenters. The highest BCUT2D eigenvalue weighted by atomic mass is 35.5. The molecule has 1 aromatic rings. The van der Waals surface area contributed by atoms with E-state index in [9.17, 15) is 0 Å². The van der Waals surface area contributed by atoms with Gasteiger partial charge in [-0.2, -0.15) is 0 Å². The first kappa shape index (κ1) is 19.9. The Morgan fingerprint density at radius 3 is 2.44 bits per heavy atom. The van der Waals surface area contributed by atoms with Gasteiger partial charge in [0, 0.05) is 5.54 Å². The highest BCUT2D eigenvalue weighted by Crippen LogP contribution is 2.22. The molecule has 0 amide bonds. The third-order valence-electron chi connectivity index (χ3n) is 2.12. The van der Waals surface area contributed by atoms with Gasteiger partial charge in [0.2, 0.25) is 0 Å². The second kappa shape index (κ2) is 8.64. The maximum absolute atomic E-state index is 6.03. The zero-order valence-corrected chi connectivity index (χ0v) is 13.3. The van der Waals surface area contributed by atoms with Crippen LogP contribution in [-0.4, -0.2) is 10.9 Å². The number of hydrogen-bond donors (Lipinski definition) is 2. The van der Waals surface area contributed by atoms with Gasteiger partial charge in [0.1, 0.15) is 0 Å². The quantitative estimate of drug-likeness (QED) is 0.664. The van der Waals surface area contributed by atoms with Gasteiger partial charge < -0.3 is 11.5 Å². The van der Waals surface area contributed by atoms with Crippen LogP contribution in [0.5, 0.6) is 0 Å². The third-order valence-corrected chi connectivity index (χ3v) is 2.80. The Bertz CT molecular complexity index is 389. The highest BCUT2D eigenvalue weighted by Gasteiger charge is 2.13. The SMILES string of the molecule is CCSC(N)=Nc1cccc(C(C)(C)N)c1.Cl.Cl. The zero-order valence-electron chi connectivity index (χ0n) is 10.8. The first-order chi connectivity index (χ1) is 7.43. The lowest BCUT2D eigenvalue weighted by molar-refractivity contribution is 0.554. The van der Waals surface area contributed by atoms with Gasteiger partial charge >= 0.3 is 0 Å². The Morgan fingerprint density at radius 1 is 1.33 bits per heavy atom. The second-order valence-electron chi connectivity index (χ2n) is 4.16. The van der Waals surface area contributed by atoms with Crippen LogP contribution in [0.1, 0.15) is 26.3 Å². The van der Waals surface area contributed by atoms with E-state index in [-0.39, 0.29) is 30.4 Å². The van der Waals surface area contributed by atoms with Crippen molar-refractivity contribution in [3.8, 4) is 0 Å². The minimum absolute atomic E-state index is 0. The zero-order chi connectivity index (χ0) is 12.2. The van der Waals surface area contributed by atoms with Crippen molar-refractivity contribution in [3.63, 3.8) is 0 Å². The fourth-order valence-corrected chi connectivity index (χ4v) is 1.75. The molecule has 104 valence electrons. The summed E-state index contributed by atoms with van der Waals surface area (Å²) in [6.45, 7) is 5.99. The largest absolute Gasteiger partial charge is 0.378 e. The van der Waals surface area contributed by atoms with E-state index in [1.807, 2.05) is 45.0 Å². The fraction of sp³-hybridized carbons (Fsp3) is 0.417. The summed E-state index contributed by atoms with van der Waals surface area (Å²) < 4.78 is 0. The van der Waals surface area contributed by atoms with Gasteiger partial charge in [0.25, 0.3) is 0 Å². The lowest BCUT2D eigenvalue weighted by atomic mass is 9.95. The van der Waals surface area contributed by atoms with Crippen LogP contribution in [0.25, 0.3) is 0 Å². The molecule has 3 nitrogen and oxygen atoms in total. The van der Waals surface area contributed by atoms with Crippen molar-refractivity contribution in [2.75, 3.05) is 5.75 Å². The van der Waals surface area contributed by atoms with Gasteiger partial charge in [0.15, 0.2) is 5.17 Å². The number of benzene rings is 1. The molecular formula is C12H21Cl2N3S. The van der Waals surface area contributed by atoms with Crippen LogP contribution in [0.3, 0.4) is 0 Å². The van der Waals surface area contributed by atoms with Crippen LogP contribution in [-0.2, 0) is 5.54 Å². The Morgan fingerprint density at radius 2 is 1.94 bits per heavy atom. The molecule has 1 aromatic carbocycles.